The molecule has 1 aliphatic heterocycles. The number of carboxylic acid groups (broad SMARTS) is 1. The van der Waals surface area contributed by atoms with E-state index in [2.05, 4.69) is 15.6 Å². The van der Waals surface area contributed by atoms with Crippen LogP contribution in [0.2, 0.25) is 0 Å². The molecular weight excluding hydrogens is 184 g/mol. The van der Waals surface area contributed by atoms with E-state index in [0.29, 0.717) is 5.92 Å². The van der Waals surface area contributed by atoms with Crippen molar-refractivity contribution in [3.8, 4) is 0 Å². The summed E-state index contributed by atoms with van der Waals surface area (Å²) in [6.07, 6.45) is 2.59. The Labute approximate surface area is 80.9 Å². The number of rotatable bonds is 3. The highest BCUT2D eigenvalue weighted by molar-refractivity contribution is 5.84. The van der Waals surface area contributed by atoms with Crippen LogP contribution in [0.5, 0.6) is 0 Å². The van der Waals surface area contributed by atoms with Crippen molar-refractivity contribution in [2.45, 2.75) is 13.0 Å². The van der Waals surface area contributed by atoms with Crippen LogP contribution in [-0.4, -0.2) is 39.2 Å². The third-order valence-electron chi connectivity index (χ3n) is 2.37. The normalized spacial score (nSPS) is 21.3. The number of hydrogen-bond donors (Lipinski definition) is 2. The molecule has 0 unspecified atom stereocenters. The Morgan fingerprint density at radius 3 is 3.21 bits per heavy atom. The number of aromatic nitrogens is 3. The zero-order valence-electron chi connectivity index (χ0n) is 7.68. The first-order valence-electron chi connectivity index (χ1n) is 4.60. The van der Waals surface area contributed by atoms with Gasteiger partial charge in [-0.15, -0.1) is 5.10 Å². The molecule has 2 rings (SSSR count). The molecule has 14 heavy (non-hydrogen) atoms. The van der Waals surface area contributed by atoms with Crippen LogP contribution in [0.25, 0.3) is 0 Å². The van der Waals surface area contributed by atoms with Gasteiger partial charge in [-0.05, 0) is 25.4 Å². The quantitative estimate of drug-likeness (QED) is 0.686. The lowest BCUT2D eigenvalue weighted by atomic mass is 10.1. The first-order valence-corrected chi connectivity index (χ1v) is 4.60. The average molecular weight is 196 g/mol. The molecule has 6 nitrogen and oxygen atoms in total. The molecule has 0 aromatic carbocycles. The summed E-state index contributed by atoms with van der Waals surface area (Å²) in [5.74, 6) is -0.487. The van der Waals surface area contributed by atoms with Gasteiger partial charge in [0.05, 0.1) is 6.20 Å². The van der Waals surface area contributed by atoms with Crippen molar-refractivity contribution in [2.24, 2.45) is 5.92 Å². The van der Waals surface area contributed by atoms with Gasteiger partial charge in [-0.3, -0.25) is 4.68 Å². The van der Waals surface area contributed by atoms with Crippen molar-refractivity contribution >= 4 is 5.97 Å². The van der Waals surface area contributed by atoms with E-state index in [-0.39, 0.29) is 5.69 Å². The first kappa shape index (κ1) is 9.14. The van der Waals surface area contributed by atoms with Gasteiger partial charge in [0, 0.05) is 6.54 Å². The SMILES string of the molecule is O=C(O)c1cn(C[C@@H]2CCNC2)nn1. The number of aromatic carboxylic acids is 1. The number of hydrogen-bond acceptors (Lipinski definition) is 4. The Kier molecular flexibility index (Phi) is 2.45. The minimum absolute atomic E-state index is 0.0101. The van der Waals surface area contributed by atoms with Gasteiger partial charge in [-0.25, -0.2) is 4.79 Å². The third kappa shape index (κ3) is 1.90. The maximum Gasteiger partial charge on any atom is 0.358 e. The van der Waals surface area contributed by atoms with Crippen molar-refractivity contribution < 1.29 is 9.90 Å². The number of carbonyl (C=O) groups is 1. The molecule has 1 fully saturated rings. The Morgan fingerprint density at radius 2 is 2.64 bits per heavy atom. The molecule has 0 radical (unpaired) electrons. The van der Waals surface area contributed by atoms with E-state index in [0.717, 1.165) is 26.1 Å². The molecule has 1 saturated heterocycles. The van der Waals surface area contributed by atoms with Gasteiger partial charge in [0.2, 0.25) is 0 Å². The van der Waals surface area contributed by atoms with Crippen molar-refractivity contribution in [1.82, 2.24) is 20.3 Å². The van der Waals surface area contributed by atoms with Gasteiger partial charge in [0.15, 0.2) is 5.69 Å². The highest BCUT2D eigenvalue weighted by Crippen LogP contribution is 2.09. The summed E-state index contributed by atoms with van der Waals surface area (Å²) in [6.45, 7) is 2.75. The van der Waals surface area contributed by atoms with Crippen LogP contribution < -0.4 is 5.32 Å². The second-order valence-electron chi connectivity index (χ2n) is 3.49. The molecule has 6 heteroatoms. The monoisotopic (exact) mass is 196 g/mol. The van der Waals surface area contributed by atoms with Crippen LogP contribution in [0.1, 0.15) is 16.9 Å². The lowest BCUT2D eigenvalue weighted by Gasteiger charge is -2.05. The maximum absolute atomic E-state index is 10.5. The van der Waals surface area contributed by atoms with Crippen molar-refractivity contribution in [1.29, 1.82) is 0 Å². The van der Waals surface area contributed by atoms with Crippen LogP contribution in [0.4, 0.5) is 0 Å². The lowest BCUT2D eigenvalue weighted by Crippen LogP contribution is -2.14. The van der Waals surface area contributed by atoms with Crippen LogP contribution in [0.3, 0.4) is 0 Å². The van der Waals surface area contributed by atoms with E-state index in [1.165, 1.54) is 6.20 Å². The van der Waals surface area contributed by atoms with Gasteiger partial charge in [-0.2, -0.15) is 0 Å². The minimum Gasteiger partial charge on any atom is -0.476 e. The smallest absolute Gasteiger partial charge is 0.358 e. The molecule has 1 aliphatic rings. The maximum atomic E-state index is 10.5. The summed E-state index contributed by atoms with van der Waals surface area (Å²) in [4.78, 5) is 10.5. The van der Waals surface area contributed by atoms with Crippen molar-refractivity contribution in [2.75, 3.05) is 13.1 Å². The van der Waals surface area contributed by atoms with Crippen molar-refractivity contribution in [3.05, 3.63) is 11.9 Å². The molecule has 1 atom stereocenters. The van der Waals surface area contributed by atoms with Gasteiger partial charge in [0.1, 0.15) is 0 Å². The highest BCUT2D eigenvalue weighted by atomic mass is 16.4. The molecule has 0 saturated carbocycles. The second kappa shape index (κ2) is 3.75. The van der Waals surface area contributed by atoms with E-state index < -0.39 is 5.97 Å². The fraction of sp³-hybridized carbons (Fsp3) is 0.625. The van der Waals surface area contributed by atoms with Crippen molar-refractivity contribution in [3.63, 3.8) is 0 Å². The molecule has 0 bridgehead atoms. The minimum atomic E-state index is -1.03. The summed E-state index contributed by atoms with van der Waals surface area (Å²) >= 11 is 0. The Morgan fingerprint density at radius 1 is 1.79 bits per heavy atom. The zero-order valence-corrected chi connectivity index (χ0v) is 7.68. The largest absolute Gasteiger partial charge is 0.476 e. The van der Waals surface area contributed by atoms with Gasteiger partial charge < -0.3 is 10.4 Å². The molecule has 0 spiro atoms. The summed E-state index contributed by atoms with van der Waals surface area (Å²) < 4.78 is 1.60. The van der Waals surface area contributed by atoms with Crippen LogP contribution in [0.15, 0.2) is 6.20 Å². The number of carboxylic acids is 1. The Hall–Kier alpha value is -1.43. The van der Waals surface area contributed by atoms with E-state index >= 15 is 0 Å². The lowest BCUT2D eigenvalue weighted by molar-refractivity contribution is 0.0690. The van der Waals surface area contributed by atoms with Gasteiger partial charge in [0.25, 0.3) is 0 Å². The summed E-state index contributed by atoms with van der Waals surface area (Å²) in [7, 11) is 0. The molecule has 0 aliphatic carbocycles. The molecule has 2 N–H and O–H groups in total. The molecule has 1 aromatic rings. The van der Waals surface area contributed by atoms with Crippen LogP contribution in [0, 0.1) is 5.92 Å². The van der Waals surface area contributed by atoms with E-state index in [4.69, 9.17) is 5.11 Å². The predicted molar refractivity (Wildman–Crippen MR) is 48.0 cm³/mol. The van der Waals surface area contributed by atoms with Gasteiger partial charge in [-0.1, -0.05) is 5.21 Å². The van der Waals surface area contributed by atoms with E-state index in [1.807, 2.05) is 0 Å². The van der Waals surface area contributed by atoms with Gasteiger partial charge >= 0.3 is 5.97 Å². The van der Waals surface area contributed by atoms with Crippen LogP contribution >= 0.6 is 0 Å². The molecule has 2 heterocycles. The Bertz CT molecular complexity index is 330. The summed E-state index contributed by atoms with van der Waals surface area (Å²) in [5.41, 5.74) is 0.0101. The predicted octanol–water partition coefficient (Wildman–Crippen LogP) is -0.414. The highest BCUT2D eigenvalue weighted by Gasteiger charge is 2.16. The summed E-state index contributed by atoms with van der Waals surface area (Å²) in [5, 5.41) is 19.2. The fourth-order valence-electron chi connectivity index (χ4n) is 1.62. The third-order valence-corrected chi connectivity index (χ3v) is 2.37. The molecule has 1 aromatic heterocycles. The average Bonchev–Trinajstić information content (AvgIpc) is 2.75. The standard InChI is InChI=1S/C8H12N4O2/c13-8(14)7-5-12(11-10-7)4-6-1-2-9-3-6/h5-6,9H,1-4H2,(H,13,14)/t6-/m1/s1. The number of nitrogens with one attached hydrogen (secondary N) is 1. The molecular formula is C8H12N4O2. The van der Waals surface area contributed by atoms with E-state index in [9.17, 15) is 4.79 Å². The fourth-order valence-corrected chi connectivity index (χ4v) is 1.62. The first-order chi connectivity index (χ1) is 6.75. The molecule has 0 amide bonds. The second-order valence-corrected chi connectivity index (χ2v) is 3.49. The van der Waals surface area contributed by atoms with E-state index in [1.54, 1.807) is 4.68 Å². The topological polar surface area (TPSA) is 80.0 Å². The van der Waals surface area contributed by atoms with Crippen LogP contribution in [-0.2, 0) is 6.54 Å². The summed E-state index contributed by atoms with van der Waals surface area (Å²) in [6, 6.07) is 0. The molecule has 76 valence electrons. The number of nitrogens with zero attached hydrogens (tertiary/aromatic N) is 3. The zero-order chi connectivity index (χ0) is 9.97. The Balaban J connectivity index is 1.98.